The predicted octanol–water partition coefficient (Wildman–Crippen LogP) is 1.24. The smallest absolute Gasteiger partial charge is 0.244 e. The first-order valence-electron chi connectivity index (χ1n) is 5.07. The maximum Gasteiger partial charge on any atom is 0.244 e. The molecule has 1 aromatic heterocycles. The molecule has 2 rings (SSSR count). The Morgan fingerprint density at radius 2 is 2.60 bits per heavy atom. The topological polar surface area (TPSA) is 41.1 Å². The summed E-state index contributed by atoms with van der Waals surface area (Å²) in [5.41, 5.74) is 0. The van der Waals surface area contributed by atoms with Crippen LogP contribution in [0, 0.1) is 0 Å². The highest BCUT2D eigenvalue weighted by Crippen LogP contribution is 2.09. The first-order chi connectivity index (χ1) is 7.34. The second kappa shape index (κ2) is 5.09. The van der Waals surface area contributed by atoms with E-state index in [4.69, 9.17) is 0 Å². The van der Waals surface area contributed by atoms with Crippen molar-refractivity contribution >= 4 is 23.3 Å². The molecule has 15 heavy (non-hydrogen) atoms. The Kier molecular flexibility index (Phi) is 3.53. The van der Waals surface area contributed by atoms with Gasteiger partial charge in [0, 0.05) is 23.5 Å². The van der Waals surface area contributed by atoms with Crippen molar-refractivity contribution in [2.24, 2.45) is 0 Å². The molecule has 1 aromatic rings. The van der Waals surface area contributed by atoms with Crippen LogP contribution in [0.4, 0.5) is 0 Å². The normalized spacial score (nSPS) is 20.9. The Morgan fingerprint density at radius 1 is 1.67 bits per heavy atom. The van der Waals surface area contributed by atoms with Gasteiger partial charge in [-0.15, -0.1) is 11.3 Å². The summed E-state index contributed by atoms with van der Waals surface area (Å²) in [4.78, 5) is 12.6. The summed E-state index contributed by atoms with van der Waals surface area (Å²) >= 11 is 1.63. The first kappa shape index (κ1) is 10.4. The lowest BCUT2D eigenvalue weighted by Gasteiger charge is -2.08. The fraction of sp³-hybridized carbons (Fsp3) is 0.364. The molecule has 80 valence electrons. The molecule has 1 atom stereocenters. The van der Waals surface area contributed by atoms with Gasteiger partial charge in [-0.2, -0.15) is 0 Å². The second-order valence-corrected chi connectivity index (χ2v) is 4.53. The Labute approximate surface area is 93.2 Å². The molecule has 1 amide bonds. The lowest BCUT2D eigenvalue weighted by Crippen LogP contribution is -2.34. The average molecular weight is 222 g/mol. The van der Waals surface area contributed by atoms with E-state index in [1.165, 1.54) is 0 Å². The van der Waals surface area contributed by atoms with Crippen LogP contribution in [-0.2, 0) is 4.79 Å². The fourth-order valence-corrected chi connectivity index (χ4v) is 2.19. The number of carbonyl (C=O) groups excluding carboxylic acids is 1. The second-order valence-electron chi connectivity index (χ2n) is 3.55. The molecule has 1 fully saturated rings. The van der Waals surface area contributed by atoms with Gasteiger partial charge in [-0.3, -0.25) is 4.79 Å². The van der Waals surface area contributed by atoms with Crippen LogP contribution in [0.2, 0.25) is 0 Å². The van der Waals surface area contributed by atoms with E-state index in [2.05, 4.69) is 10.6 Å². The highest BCUT2D eigenvalue weighted by Gasteiger charge is 2.14. The summed E-state index contributed by atoms with van der Waals surface area (Å²) in [6, 6.07) is 4.26. The minimum atomic E-state index is -0.00269. The number of amides is 1. The van der Waals surface area contributed by atoms with E-state index < -0.39 is 0 Å². The van der Waals surface area contributed by atoms with Crippen LogP contribution in [0.1, 0.15) is 11.3 Å². The lowest BCUT2D eigenvalue weighted by molar-refractivity contribution is -0.117. The van der Waals surface area contributed by atoms with E-state index >= 15 is 0 Å². The molecule has 1 aliphatic rings. The molecule has 0 bridgehead atoms. The molecule has 3 nitrogen and oxygen atoms in total. The molecule has 4 heteroatoms. The first-order valence-corrected chi connectivity index (χ1v) is 5.95. The number of hydrogen-bond donors (Lipinski definition) is 2. The van der Waals surface area contributed by atoms with Gasteiger partial charge in [0.15, 0.2) is 0 Å². The monoisotopic (exact) mass is 222 g/mol. The van der Waals surface area contributed by atoms with Crippen molar-refractivity contribution in [3.63, 3.8) is 0 Å². The molecule has 2 heterocycles. The number of rotatable bonds is 3. The van der Waals surface area contributed by atoms with Gasteiger partial charge in [0.2, 0.25) is 5.91 Å². The zero-order valence-corrected chi connectivity index (χ0v) is 9.22. The van der Waals surface area contributed by atoms with Gasteiger partial charge >= 0.3 is 0 Å². The van der Waals surface area contributed by atoms with Crippen LogP contribution >= 0.6 is 11.3 Å². The molecule has 0 aliphatic carbocycles. The molecule has 1 saturated heterocycles. The number of nitrogens with one attached hydrogen (secondary N) is 2. The maximum atomic E-state index is 11.5. The highest BCUT2D eigenvalue weighted by molar-refractivity contribution is 7.10. The van der Waals surface area contributed by atoms with Gasteiger partial charge in [-0.1, -0.05) is 6.07 Å². The van der Waals surface area contributed by atoms with E-state index in [9.17, 15) is 4.79 Å². The van der Waals surface area contributed by atoms with Crippen LogP contribution in [0.3, 0.4) is 0 Å². The van der Waals surface area contributed by atoms with E-state index in [-0.39, 0.29) is 5.91 Å². The molecular weight excluding hydrogens is 208 g/mol. The van der Waals surface area contributed by atoms with Crippen LogP contribution in [0.5, 0.6) is 0 Å². The van der Waals surface area contributed by atoms with Gasteiger partial charge in [0.25, 0.3) is 0 Å². The third-order valence-electron chi connectivity index (χ3n) is 2.35. The minimum Gasteiger partial charge on any atom is -0.348 e. The van der Waals surface area contributed by atoms with Crippen molar-refractivity contribution in [3.8, 4) is 0 Å². The van der Waals surface area contributed by atoms with Crippen LogP contribution < -0.4 is 10.6 Å². The van der Waals surface area contributed by atoms with Crippen LogP contribution in [0.25, 0.3) is 6.08 Å². The van der Waals surface area contributed by atoms with Gasteiger partial charge in [-0.05, 0) is 30.5 Å². The third-order valence-corrected chi connectivity index (χ3v) is 3.19. The summed E-state index contributed by atoms with van der Waals surface area (Å²) in [5, 5.41) is 8.17. The molecule has 0 saturated carbocycles. The molecular formula is C11H14N2OS. The maximum absolute atomic E-state index is 11.5. The lowest BCUT2D eigenvalue weighted by atomic mass is 10.2. The minimum absolute atomic E-state index is 0.00269. The standard InChI is InChI=1S/C11H14N2OS/c14-11(13-9-5-6-12-8-9)4-3-10-2-1-7-15-10/h1-4,7,9,12H,5-6,8H2,(H,13,14). The molecule has 1 unspecified atom stereocenters. The molecule has 0 aromatic carbocycles. The molecule has 0 spiro atoms. The fourth-order valence-electron chi connectivity index (χ4n) is 1.57. The Bertz CT molecular complexity index is 339. The predicted molar refractivity (Wildman–Crippen MR) is 62.8 cm³/mol. The van der Waals surface area contributed by atoms with E-state index in [1.807, 2.05) is 23.6 Å². The van der Waals surface area contributed by atoms with Crippen molar-refractivity contribution in [2.45, 2.75) is 12.5 Å². The van der Waals surface area contributed by atoms with Crippen molar-refractivity contribution < 1.29 is 4.79 Å². The van der Waals surface area contributed by atoms with Crippen LogP contribution in [0.15, 0.2) is 23.6 Å². The number of carbonyl (C=O) groups is 1. The zero-order valence-electron chi connectivity index (χ0n) is 8.40. The molecule has 0 radical (unpaired) electrons. The summed E-state index contributed by atoms with van der Waals surface area (Å²) in [5.74, 6) is -0.00269. The van der Waals surface area contributed by atoms with Crippen molar-refractivity contribution in [1.29, 1.82) is 0 Å². The zero-order chi connectivity index (χ0) is 10.5. The third kappa shape index (κ3) is 3.18. The Hall–Kier alpha value is -1.13. The average Bonchev–Trinajstić information content (AvgIpc) is 2.86. The summed E-state index contributed by atoms with van der Waals surface area (Å²) in [7, 11) is 0. The molecule has 2 N–H and O–H groups in total. The summed E-state index contributed by atoms with van der Waals surface area (Å²) < 4.78 is 0. The number of hydrogen-bond acceptors (Lipinski definition) is 3. The van der Waals surface area contributed by atoms with E-state index in [1.54, 1.807) is 17.4 Å². The van der Waals surface area contributed by atoms with Gasteiger partial charge in [0.1, 0.15) is 0 Å². The quantitative estimate of drug-likeness (QED) is 0.755. The Balaban J connectivity index is 1.81. The van der Waals surface area contributed by atoms with E-state index in [0.717, 1.165) is 24.4 Å². The van der Waals surface area contributed by atoms with Crippen LogP contribution in [-0.4, -0.2) is 25.0 Å². The Morgan fingerprint density at radius 3 is 3.27 bits per heavy atom. The van der Waals surface area contributed by atoms with Gasteiger partial charge in [0.05, 0.1) is 0 Å². The van der Waals surface area contributed by atoms with Gasteiger partial charge < -0.3 is 10.6 Å². The summed E-state index contributed by atoms with van der Waals surface area (Å²) in [6.45, 7) is 1.89. The largest absolute Gasteiger partial charge is 0.348 e. The molecule has 1 aliphatic heterocycles. The van der Waals surface area contributed by atoms with E-state index in [0.29, 0.717) is 6.04 Å². The number of thiophene rings is 1. The highest BCUT2D eigenvalue weighted by atomic mass is 32.1. The van der Waals surface area contributed by atoms with Crippen molar-refractivity contribution in [2.75, 3.05) is 13.1 Å². The van der Waals surface area contributed by atoms with Crippen molar-refractivity contribution in [3.05, 3.63) is 28.5 Å². The SMILES string of the molecule is O=C(C=Cc1cccs1)NC1CCNC1. The van der Waals surface area contributed by atoms with Crippen molar-refractivity contribution in [1.82, 2.24) is 10.6 Å². The van der Waals surface area contributed by atoms with Gasteiger partial charge in [-0.25, -0.2) is 0 Å². The summed E-state index contributed by atoms with van der Waals surface area (Å²) in [6.07, 6.45) is 4.48.